The van der Waals surface area contributed by atoms with E-state index in [4.69, 9.17) is 9.84 Å². The maximum atomic E-state index is 10.7. The van der Waals surface area contributed by atoms with E-state index in [1.54, 1.807) is 24.1 Å². The highest BCUT2D eigenvalue weighted by Gasteiger charge is 2.04. The molecule has 2 aromatic rings. The molecule has 0 unspecified atom stereocenters. The SMILES string of the molecule is COCCn1cc(Nc2ccc(C(=O)O)nc2)cn1. The van der Waals surface area contributed by atoms with E-state index in [9.17, 15) is 4.79 Å². The van der Waals surface area contributed by atoms with Gasteiger partial charge in [0.05, 0.1) is 36.9 Å². The first-order valence-electron chi connectivity index (χ1n) is 5.67. The van der Waals surface area contributed by atoms with E-state index < -0.39 is 5.97 Å². The highest BCUT2D eigenvalue weighted by molar-refractivity contribution is 5.85. The maximum Gasteiger partial charge on any atom is 0.354 e. The Labute approximate surface area is 109 Å². The Morgan fingerprint density at radius 3 is 2.89 bits per heavy atom. The molecule has 0 aliphatic heterocycles. The molecule has 0 saturated carbocycles. The minimum atomic E-state index is -1.04. The number of carbonyl (C=O) groups is 1. The number of hydrogen-bond acceptors (Lipinski definition) is 5. The summed E-state index contributed by atoms with van der Waals surface area (Å²) in [5.41, 5.74) is 1.53. The standard InChI is InChI=1S/C12H14N4O3/c1-19-5-4-16-8-10(7-14-16)15-9-2-3-11(12(17)18)13-6-9/h2-3,6-8,15H,4-5H2,1H3,(H,17,18). The summed E-state index contributed by atoms with van der Waals surface area (Å²) in [5.74, 6) is -1.04. The van der Waals surface area contributed by atoms with Gasteiger partial charge in [-0.1, -0.05) is 0 Å². The number of carboxylic acid groups (broad SMARTS) is 1. The molecule has 2 rings (SSSR count). The zero-order valence-electron chi connectivity index (χ0n) is 10.4. The number of nitrogens with one attached hydrogen (secondary N) is 1. The van der Waals surface area contributed by atoms with Crippen molar-refractivity contribution in [3.05, 3.63) is 36.4 Å². The second-order valence-corrected chi connectivity index (χ2v) is 3.85. The summed E-state index contributed by atoms with van der Waals surface area (Å²) in [7, 11) is 1.64. The summed E-state index contributed by atoms with van der Waals surface area (Å²) < 4.78 is 6.72. The molecule has 19 heavy (non-hydrogen) atoms. The van der Waals surface area contributed by atoms with Gasteiger partial charge in [-0.15, -0.1) is 0 Å². The van der Waals surface area contributed by atoms with Crippen LogP contribution in [-0.4, -0.2) is 39.6 Å². The summed E-state index contributed by atoms with van der Waals surface area (Å²) in [6.45, 7) is 1.27. The Kier molecular flexibility index (Phi) is 4.09. The number of rotatable bonds is 6. The molecule has 0 aliphatic carbocycles. The Morgan fingerprint density at radius 1 is 1.42 bits per heavy atom. The minimum absolute atomic E-state index is 0.0151. The molecule has 2 aromatic heterocycles. The molecule has 0 saturated heterocycles. The lowest BCUT2D eigenvalue weighted by molar-refractivity contribution is 0.0690. The van der Waals surface area contributed by atoms with Crippen LogP contribution in [0.3, 0.4) is 0 Å². The van der Waals surface area contributed by atoms with Crippen molar-refractivity contribution >= 4 is 17.3 Å². The molecule has 0 aromatic carbocycles. The minimum Gasteiger partial charge on any atom is -0.477 e. The van der Waals surface area contributed by atoms with E-state index in [2.05, 4.69) is 15.4 Å². The molecule has 0 bridgehead atoms. The van der Waals surface area contributed by atoms with Crippen LogP contribution in [0.2, 0.25) is 0 Å². The fourth-order valence-electron chi connectivity index (χ4n) is 1.50. The van der Waals surface area contributed by atoms with Gasteiger partial charge < -0.3 is 15.2 Å². The average Bonchev–Trinajstić information content (AvgIpc) is 2.84. The summed E-state index contributed by atoms with van der Waals surface area (Å²) in [6.07, 6.45) is 4.99. The Bertz CT molecular complexity index is 550. The Balaban J connectivity index is 2.00. The molecule has 7 heteroatoms. The predicted molar refractivity (Wildman–Crippen MR) is 68.6 cm³/mol. The first-order chi connectivity index (χ1) is 9.19. The van der Waals surface area contributed by atoms with Gasteiger partial charge in [0.1, 0.15) is 5.69 Å². The zero-order chi connectivity index (χ0) is 13.7. The monoisotopic (exact) mass is 262 g/mol. The van der Waals surface area contributed by atoms with Gasteiger partial charge in [0.25, 0.3) is 0 Å². The Hall–Kier alpha value is -2.41. The second kappa shape index (κ2) is 5.96. The third-order valence-corrected chi connectivity index (χ3v) is 2.43. The van der Waals surface area contributed by atoms with E-state index in [1.165, 1.54) is 12.3 Å². The van der Waals surface area contributed by atoms with Crippen LogP contribution in [0.15, 0.2) is 30.7 Å². The van der Waals surface area contributed by atoms with E-state index >= 15 is 0 Å². The van der Waals surface area contributed by atoms with E-state index in [0.717, 1.165) is 5.69 Å². The third kappa shape index (κ3) is 3.52. The summed E-state index contributed by atoms with van der Waals surface area (Å²) in [5, 5.41) is 16.0. The van der Waals surface area contributed by atoms with Crippen LogP contribution in [0, 0.1) is 0 Å². The van der Waals surface area contributed by atoms with Gasteiger partial charge in [-0.3, -0.25) is 4.68 Å². The van der Waals surface area contributed by atoms with Crippen LogP contribution in [-0.2, 0) is 11.3 Å². The maximum absolute atomic E-state index is 10.7. The topological polar surface area (TPSA) is 89.3 Å². The number of carboxylic acids is 1. The van der Waals surface area contributed by atoms with Gasteiger partial charge in [-0.25, -0.2) is 9.78 Å². The second-order valence-electron chi connectivity index (χ2n) is 3.85. The van der Waals surface area contributed by atoms with Gasteiger partial charge in [0, 0.05) is 13.3 Å². The number of ether oxygens (including phenoxy) is 1. The van der Waals surface area contributed by atoms with E-state index in [-0.39, 0.29) is 5.69 Å². The molecule has 2 heterocycles. The largest absolute Gasteiger partial charge is 0.477 e. The van der Waals surface area contributed by atoms with Crippen LogP contribution in [0.1, 0.15) is 10.5 Å². The van der Waals surface area contributed by atoms with E-state index in [0.29, 0.717) is 18.8 Å². The lowest BCUT2D eigenvalue weighted by Crippen LogP contribution is -2.04. The number of aromatic carboxylic acids is 1. The molecule has 0 aliphatic rings. The van der Waals surface area contributed by atoms with Crippen molar-refractivity contribution in [1.82, 2.24) is 14.8 Å². The smallest absolute Gasteiger partial charge is 0.354 e. The lowest BCUT2D eigenvalue weighted by Gasteiger charge is -2.03. The zero-order valence-corrected chi connectivity index (χ0v) is 10.4. The van der Waals surface area contributed by atoms with E-state index in [1.807, 2.05) is 6.20 Å². The highest BCUT2D eigenvalue weighted by atomic mass is 16.5. The van der Waals surface area contributed by atoms with Crippen molar-refractivity contribution < 1.29 is 14.6 Å². The van der Waals surface area contributed by atoms with Crippen LogP contribution >= 0.6 is 0 Å². The Morgan fingerprint density at radius 2 is 2.26 bits per heavy atom. The number of aromatic nitrogens is 3. The fourth-order valence-corrected chi connectivity index (χ4v) is 1.50. The van der Waals surface area contributed by atoms with Crippen molar-refractivity contribution in [1.29, 1.82) is 0 Å². The van der Waals surface area contributed by atoms with Gasteiger partial charge in [-0.05, 0) is 12.1 Å². The van der Waals surface area contributed by atoms with Crippen molar-refractivity contribution in [3.8, 4) is 0 Å². The number of methoxy groups -OCH3 is 1. The first-order valence-corrected chi connectivity index (χ1v) is 5.67. The number of pyridine rings is 1. The summed E-state index contributed by atoms with van der Waals surface area (Å²) in [4.78, 5) is 14.5. The molecule has 100 valence electrons. The molecular weight excluding hydrogens is 248 g/mol. The molecule has 2 N–H and O–H groups in total. The van der Waals surface area contributed by atoms with Gasteiger partial charge in [0.2, 0.25) is 0 Å². The third-order valence-electron chi connectivity index (χ3n) is 2.43. The summed E-state index contributed by atoms with van der Waals surface area (Å²) >= 11 is 0. The number of hydrogen-bond donors (Lipinski definition) is 2. The highest BCUT2D eigenvalue weighted by Crippen LogP contribution is 2.14. The molecular formula is C12H14N4O3. The van der Waals surface area contributed by atoms with Gasteiger partial charge >= 0.3 is 5.97 Å². The predicted octanol–water partition coefficient (Wildman–Crippen LogP) is 1.37. The normalized spacial score (nSPS) is 10.4. The van der Waals surface area contributed by atoms with Crippen molar-refractivity contribution in [3.63, 3.8) is 0 Å². The molecule has 0 spiro atoms. The number of anilines is 2. The van der Waals surface area contributed by atoms with Crippen LogP contribution in [0.4, 0.5) is 11.4 Å². The fraction of sp³-hybridized carbons (Fsp3) is 0.250. The van der Waals surface area contributed by atoms with Crippen LogP contribution in [0.5, 0.6) is 0 Å². The summed E-state index contributed by atoms with van der Waals surface area (Å²) in [6, 6.07) is 3.10. The molecule has 0 atom stereocenters. The lowest BCUT2D eigenvalue weighted by atomic mass is 10.3. The molecule has 0 radical (unpaired) electrons. The van der Waals surface area contributed by atoms with Gasteiger partial charge in [-0.2, -0.15) is 5.10 Å². The quantitative estimate of drug-likeness (QED) is 0.817. The van der Waals surface area contributed by atoms with Gasteiger partial charge in [0.15, 0.2) is 0 Å². The molecule has 0 fully saturated rings. The molecule has 7 nitrogen and oxygen atoms in total. The molecule has 0 amide bonds. The first kappa shape index (κ1) is 13.0. The van der Waals surface area contributed by atoms with Crippen LogP contribution in [0.25, 0.3) is 0 Å². The average molecular weight is 262 g/mol. The van der Waals surface area contributed by atoms with Crippen molar-refractivity contribution in [2.75, 3.05) is 19.0 Å². The van der Waals surface area contributed by atoms with Crippen molar-refractivity contribution in [2.45, 2.75) is 6.54 Å². The number of nitrogens with zero attached hydrogens (tertiary/aromatic N) is 3. The van der Waals surface area contributed by atoms with Crippen molar-refractivity contribution in [2.24, 2.45) is 0 Å². The van der Waals surface area contributed by atoms with Crippen LogP contribution < -0.4 is 5.32 Å².